The van der Waals surface area contributed by atoms with Crippen molar-refractivity contribution in [3.05, 3.63) is 12.2 Å². The third-order valence-corrected chi connectivity index (χ3v) is 8.91. The molecule has 0 aromatic heterocycles. The molecule has 2 aliphatic heterocycles. The lowest BCUT2D eigenvalue weighted by Crippen LogP contribution is -2.65. The molecule has 2 heterocycles. The van der Waals surface area contributed by atoms with Crippen LogP contribution in [-0.4, -0.2) is 33.3 Å². The second kappa shape index (κ2) is 4.43. The molecule has 19 heavy (non-hydrogen) atoms. The first kappa shape index (κ1) is 14.7. The van der Waals surface area contributed by atoms with Crippen molar-refractivity contribution in [1.82, 2.24) is 0 Å². The predicted octanol–water partition coefficient (Wildman–Crippen LogP) is 2.93. The van der Waals surface area contributed by atoms with Crippen molar-refractivity contribution in [1.29, 1.82) is 0 Å². The Labute approximate surface area is 116 Å². The van der Waals surface area contributed by atoms with Crippen molar-refractivity contribution >= 4 is 14.5 Å². The van der Waals surface area contributed by atoms with Gasteiger partial charge in [-0.05, 0) is 6.08 Å². The summed E-state index contributed by atoms with van der Waals surface area (Å²) in [5, 5.41) is -0.100. The van der Waals surface area contributed by atoms with Gasteiger partial charge in [-0.15, -0.1) is 0 Å². The van der Waals surface area contributed by atoms with E-state index in [0.29, 0.717) is 6.61 Å². The first-order valence-electron chi connectivity index (χ1n) is 6.77. The molecule has 0 saturated carbocycles. The summed E-state index contributed by atoms with van der Waals surface area (Å²) in [6, 6.07) is 0. The fourth-order valence-corrected chi connectivity index (χ4v) is 8.04. The molecule has 0 N–H and O–H groups in total. The number of ether oxygens (including phenoxy) is 1. The van der Waals surface area contributed by atoms with Crippen LogP contribution in [0.4, 0.5) is 0 Å². The van der Waals surface area contributed by atoms with E-state index in [-0.39, 0.29) is 28.3 Å². The van der Waals surface area contributed by atoms with Crippen LogP contribution in [0.5, 0.6) is 0 Å². The van der Waals surface area contributed by atoms with E-state index in [0.717, 1.165) is 0 Å². The second-order valence-electron chi connectivity index (χ2n) is 7.34. The van der Waals surface area contributed by atoms with Gasteiger partial charge in [-0.2, -0.15) is 0 Å². The minimum atomic E-state index is -2.46. The standard InChI is InChI=1S/C14H24O4Si/c1-13(2,3)19(14(4,5)6)16-9-11-10(18-19)7-8-12(15)17-11/h7-8,10-11H,9H2,1-6H3/t10-,11+/m0/s1. The molecular formula is C14H24O4Si. The Morgan fingerprint density at radius 1 is 1.16 bits per heavy atom. The summed E-state index contributed by atoms with van der Waals surface area (Å²) in [5.74, 6) is -0.311. The van der Waals surface area contributed by atoms with Gasteiger partial charge >= 0.3 is 14.5 Å². The van der Waals surface area contributed by atoms with Gasteiger partial charge in [0, 0.05) is 16.2 Å². The van der Waals surface area contributed by atoms with E-state index in [1.807, 2.05) is 6.08 Å². The topological polar surface area (TPSA) is 44.8 Å². The van der Waals surface area contributed by atoms with Crippen molar-refractivity contribution in [3.63, 3.8) is 0 Å². The molecule has 108 valence electrons. The van der Waals surface area contributed by atoms with E-state index >= 15 is 0 Å². The average Bonchev–Trinajstić information content (AvgIpc) is 2.25. The minimum absolute atomic E-state index is 0.0501. The SMILES string of the molecule is CC(C)(C)[Si]1(C(C)(C)C)OC[C@H]2OC(=O)C=C[C@@H]2O1. The van der Waals surface area contributed by atoms with Gasteiger partial charge in [-0.1, -0.05) is 41.5 Å². The molecule has 0 radical (unpaired) electrons. The third kappa shape index (κ3) is 2.39. The van der Waals surface area contributed by atoms with Crippen LogP contribution in [0, 0.1) is 0 Å². The summed E-state index contributed by atoms with van der Waals surface area (Å²) in [6.07, 6.45) is 2.80. The maximum Gasteiger partial charge on any atom is 0.350 e. The van der Waals surface area contributed by atoms with E-state index in [1.54, 1.807) is 0 Å². The number of carbonyl (C=O) groups is 1. The van der Waals surface area contributed by atoms with Crippen LogP contribution < -0.4 is 0 Å². The summed E-state index contributed by atoms with van der Waals surface area (Å²) >= 11 is 0. The zero-order chi connectivity index (χ0) is 14.5. The number of fused-ring (bicyclic) bond motifs is 1. The number of esters is 1. The van der Waals surface area contributed by atoms with Gasteiger partial charge in [-0.25, -0.2) is 4.79 Å². The summed E-state index contributed by atoms with van der Waals surface area (Å²) in [6.45, 7) is 13.5. The summed E-state index contributed by atoms with van der Waals surface area (Å²) in [4.78, 5) is 11.3. The van der Waals surface area contributed by atoms with Crippen LogP contribution in [0.3, 0.4) is 0 Å². The third-order valence-electron chi connectivity index (χ3n) is 3.78. The maximum atomic E-state index is 11.3. The summed E-state index contributed by atoms with van der Waals surface area (Å²) in [7, 11) is -2.46. The van der Waals surface area contributed by atoms with Gasteiger partial charge in [0.1, 0.15) is 6.10 Å². The Morgan fingerprint density at radius 3 is 2.26 bits per heavy atom. The highest BCUT2D eigenvalue weighted by atomic mass is 28.4. The molecule has 1 saturated heterocycles. The zero-order valence-corrected chi connectivity index (χ0v) is 13.6. The Kier molecular flexibility index (Phi) is 3.44. The lowest BCUT2D eigenvalue weighted by molar-refractivity contribution is -0.158. The van der Waals surface area contributed by atoms with Crippen molar-refractivity contribution in [2.75, 3.05) is 6.61 Å². The quantitative estimate of drug-likeness (QED) is 0.507. The van der Waals surface area contributed by atoms with Crippen LogP contribution in [0.2, 0.25) is 10.1 Å². The van der Waals surface area contributed by atoms with Crippen molar-refractivity contribution in [2.45, 2.75) is 63.8 Å². The molecule has 2 aliphatic rings. The fraction of sp³-hybridized carbons (Fsp3) is 0.786. The largest absolute Gasteiger partial charge is 0.454 e. The van der Waals surface area contributed by atoms with Crippen LogP contribution in [0.15, 0.2) is 12.2 Å². The van der Waals surface area contributed by atoms with Crippen LogP contribution in [0.25, 0.3) is 0 Å². The first-order chi connectivity index (χ1) is 8.57. The number of hydrogen-bond donors (Lipinski definition) is 0. The highest BCUT2D eigenvalue weighted by Gasteiger charge is 2.62. The Bertz CT molecular complexity index is 389. The van der Waals surface area contributed by atoms with E-state index in [9.17, 15) is 4.79 Å². The molecule has 2 rings (SSSR count). The maximum absolute atomic E-state index is 11.3. The molecule has 1 fully saturated rings. The lowest BCUT2D eigenvalue weighted by atomic mass is 10.1. The molecule has 0 aromatic rings. The highest BCUT2D eigenvalue weighted by Crippen LogP contribution is 2.54. The van der Waals surface area contributed by atoms with Gasteiger partial charge in [-0.3, -0.25) is 0 Å². The second-order valence-corrected chi connectivity index (χ2v) is 12.1. The molecule has 5 heteroatoms. The molecule has 0 spiro atoms. The summed E-state index contributed by atoms with van der Waals surface area (Å²) < 4.78 is 17.9. The number of hydrogen-bond acceptors (Lipinski definition) is 4. The van der Waals surface area contributed by atoms with Crippen molar-refractivity contribution < 1.29 is 18.4 Å². The molecule has 0 aliphatic carbocycles. The van der Waals surface area contributed by atoms with Gasteiger partial charge in [0.15, 0.2) is 6.10 Å². The van der Waals surface area contributed by atoms with Crippen molar-refractivity contribution in [3.8, 4) is 0 Å². The molecule has 2 atom stereocenters. The average molecular weight is 284 g/mol. The Morgan fingerprint density at radius 2 is 1.74 bits per heavy atom. The summed E-state index contributed by atoms with van der Waals surface area (Å²) in [5.41, 5.74) is 0. The molecule has 0 aromatic carbocycles. The van der Waals surface area contributed by atoms with Gasteiger partial charge in [0.25, 0.3) is 0 Å². The van der Waals surface area contributed by atoms with E-state index in [2.05, 4.69) is 41.5 Å². The number of carbonyl (C=O) groups excluding carboxylic acids is 1. The molecule has 4 nitrogen and oxygen atoms in total. The van der Waals surface area contributed by atoms with E-state index in [1.165, 1.54) is 6.08 Å². The van der Waals surface area contributed by atoms with E-state index < -0.39 is 8.56 Å². The Balaban J connectivity index is 2.34. The van der Waals surface area contributed by atoms with Gasteiger partial charge in [0.2, 0.25) is 0 Å². The lowest BCUT2D eigenvalue weighted by Gasteiger charge is -2.54. The Hall–Kier alpha value is -0.653. The predicted molar refractivity (Wildman–Crippen MR) is 75.0 cm³/mol. The van der Waals surface area contributed by atoms with Crippen LogP contribution >= 0.6 is 0 Å². The molecule has 0 bridgehead atoms. The smallest absolute Gasteiger partial charge is 0.350 e. The van der Waals surface area contributed by atoms with Gasteiger partial charge in [0.05, 0.1) is 6.61 Å². The fourth-order valence-electron chi connectivity index (χ4n) is 3.13. The zero-order valence-electron chi connectivity index (χ0n) is 12.6. The van der Waals surface area contributed by atoms with E-state index in [4.69, 9.17) is 13.6 Å². The first-order valence-corrected chi connectivity index (χ1v) is 8.59. The van der Waals surface area contributed by atoms with Gasteiger partial charge < -0.3 is 13.6 Å². The minimum Gasteiger partial charge on any atom is -0.454 e. The van der Waals surface area contributed by atoms with Crippen LogP contribution in [-0.2, 0) is 18.4 Å². The van der Waals surface area contributed by atoms with Crippen molar-refractivity contribution in [2.24, 2.45) is 0 Å². The highest BCUT2D eigenvalue weighted by molar-refractivity contribution is 6.73. The van der Waals surface area contributed by atoms with Crippen LogP contribution in [0.1, 0.15) is 41.5 Å². The monoisotopic (exact) mass is 284 g/mol. The normalized spacial score (nSPS) is 30.7. The molecule has 0 unspecified atom stereocenters. The molecule has 0 amide bonds. The molecular weight excluding hydrogens is 260 g/mol. The number of rotatable bonds is 0.